The number of nitrogens with one attached hydrogen (secondary N) is 1. The summed E-state index contributed by atoms with van der Waals surface area (Å²) in [4.78, 5) is 10.2. The van der Waals surface area contributed by atoms with Crippen LogP contribution in [0.4, 0.5) is 0 Å². The van der Waals surface area contributed by atoms with Gasteiger partial charge in [0.2, 0.25) is 0 Å². The molecule has 0 saturated carbocycles. The number of ether oxygens (including phenoxy) is 1. The van der Waals surface area contributed by atoms with E-state index in [1.807, 2.05) is 6.92 Å². The van der Waals surface area contributed by atoms with Crippen LogP contribution in [0.2, 0.25) is 0 Å². The molecule has 1 N–H and O–H groups in total. The van der Waals surface area contributed by atoms with Crippen molar-refractivity contribution in [1.82, 2.24) is 5.32 Å². The van der Waals surface area contributed by atoms with Crippen molar-refractivity contribution in [2.24, 2.45) is 5.92 Å². The van der Waals surface area contributed by atoms with Crippen molar-refractivity contribution in [1.29, 1.82) is 0 Å². The SMILES string of the molecule is CC(C=O)C1NCCO1. The monoisotopic (exact) mass is 129 g/mol. The summed E-state index contributed by atoms with van der Waals surface area (Å²) in [5.74, 6) is -0.0208. The normalized spacial score (nSPS) is 30.1. The highest BCUT2D eigenvalue weighted by Gasteiger charge is 2.20. The van der Waals surface area contributed by atoms with Crippen molar-refractivity contribution in [2.75, 3.05) is 13.2 Å². The molecule has 1 aliphatic rings. The lowest BCUT2D eigenvalue weighted by molar-refractivity contribution is -0.114. The van der Waals surface area contributed by atoms with Gasteiger partial charge in [-0.3, -0.25) is 5.32 Å². The lowest BCUT2D eigenvalue weighted by atomic mass is 10.2. The molecule has 0 radical (unpaired) electrons. The van der Waals surface area contributed by atoms with Crippen LogP contribution in [-0.2, 0) is 9.53 Å². The first-order chi connectivity index (χ1) is 4.34. The van der Waals surface area contributed by atoms with Gasteiger partial charge in [-0.1, -0.05) is 6.92 Å². The standard InChI is InChI=1S/C6H11NO2/c1-5(4-8)6-7-2-3-9-6/h4-7H,2-3H2,1H3. The van der Waals surface area contributed by atoms with Gasteiger partial charge in [-0.25, -0.2) is 0 Å². The zero-order valence-corrected chi connectivity index (χ0v) is 5.46. The van der Waals surface area contributed by atoms with E-state index in [-0.39, 0.29) is 12.1 Å². The molecule has 1 fully saturated rings. The maximum absolute atomic E-state index is 10.2. The highest BCUT2D eigenvalue weighted by atomic mass is 16.5. The van der Waals surface area contributed by atoms with Crippen LogP contribution >= 0.6 is 0 Å². The number of carbonyl (C=O) groups excluding carboxylic acids is 1. The summed E-state index contributed by atoms with van der Waals surface area (Å²) in [5.41, 5.74) is 0. The average Bonchev–Trinajstić information content (AvgIpc) is 2.37. The maximum atomic E-state index is 10.2. The second kappa shape index (κ2) is 2.94. The number of carbonyl (C=O) groups is 1. The molecule has 1 aliphatic heterocycles. The fourth-order valence-corrected chi connectivity index (χ4v) is 0.855. The third-order valence-electron chi connectivity index (χ3n) is 1.44. The molecular formula is C6H11NO2. The fourth-order valence-electron chi connectivity index (χ4n) is 0.855. The van der Waals surface area contributed by atoms with Gasteiger partial charge in [-0.15, -0.1) is 0 Å². The van der Waals surface area contributed by atoms with Crippen molar-refractivity contribution < 1.29 is 9.53 Å². The Hall–Kier alpha value is -0.410. The molecule has 0 aromatic carbocycles. The third-order valence-corrected chi connectivity index (χ3v) is 1.44. The smallest absolute Gasteiger partial charge is 0.126 e. The minimum Gasteiger partial charge on any atom is -0.361 e. The van der Waals surface area contributed by atoms with Crippen LogP contribution in [0.5, 0.6) is 0 Å². The van der Waals surface area contributed by atoms with Crippen molar-refractivity contribution >= 4 is 6.29 Å². The van der Waals surface area contributed by atoms with E-state index >= 15 is 0 Å². The van der Waals surface area contributed by atoms with Crippen LogP contribution in [0.3, 0.4) is 0 Å². The van der Waals surface area contributed by atoms with E-state index in [2.05, 4.69) is 5.32 Å². The van der Waals surface area contributed by atoms with E-state index in [1.165, 1.54) is 0 Å². The molecular weight excluding hydrogens is 118 g/mol. The van der Waals surface area contributed by atoms with Crippen LogP contribution in [0, 0.1) is 5.92 Å². The minimum atomic E-state index is -0.0394. The van der Waals surface area contributed by atoms with Crippen LogP contribution < -0.4 is 5.32 Å². The van der Waals surface area contributed by atoms with Gasteiger partial charge < -0.3 is 9.53 Å². The molecule has 0 amide bonds. The largest absolute Gasteiger partial charge is 0.361 e. The van der Waals surface area contributed by atoms with Crippen LogP contribution in [0.1, 0.15) is 6.92 Å². The van der Waals surface area contributed by atoms with Crippen molar-refractivity contribution in [2.45, 2.75) is 13.2 Å². The number of hydrogen-bond acceptors (Lipinski definition) is 3. The Labute approximate surface area is 54.4 Å². The zero-order chi connectivity index (χ0) is 6.69. The van der Waals surface area contributed by atoms with Gasteiger partial charge in [0, 0.05) is 6.54 Å². The predicted octanol–water partition coefficient (Wildman–Crippen LogP) is -0.233. The highest BCUT2D eigenvalue weighted by molar-refractivity contribution is 5.53. The van der Waals surface area contributed by atoms with Gasteiger partial charge in [0.05, 0.1) is 12.5 Å². The average molecular weight is 129 g/mol. The van der Waals surface area contributed by atoms with Crippen LogP contribution in [0.15, 0.2) is 0 Å². The van der Waals surface area contributed by atoms with E-state index in [4.69, 9.17) is 4.74 Å². The number of hydrogen-bond donors (Lipinski definition) is 1. The minimum absolute atomic E-state index is 0.0208. The maximum Gasteiger partial charge on any atom is 0.126 e. The molecule has 0 spiro atoms. The number of aldehydes is 1. The van der Waals surface area contributed by atoms with Gasteiger partial charge in [-0.05, 0) is 0 Å². The van der Waals surface area contributed by atoms with E-state index in [9.17, 15) is 4.79 Å². The summed E-state index contributed by atoms with van der Waals surface area (Å²) in [5, 5.41) is 3.05. The Kier molecular flexibility index (Phi) is 2.19. The van der Waals surface area contributed by atoms with E-state index < -0.39 is 0 Å². The molecule has 0 aliphatic carbocycles. The first-order valence-electron chi connectivity index (χ1n) is 3.15. The molecule has 0 aromatic heterocycles. The summed E-state index contributed by atoms with van der Waals surface area (Å²) in [6, 6.07) is 0. The van der Waals surface area contributed by atoms with E-state index in [0.29, 0.717) is 0 Å². The first kappa shape index (κ1) is 6.71. The molecule has 9 heavy (non-hydrogen) atoms. The van der Waals surface area contributed by atoms with Gasteiger partial charge >= 0.3 is 0 Å². The Balaban J connectivity index is 2.32. The Morgan fingerprint density at radius 1 is 1.89 bits per heavy atom. The van der Waals surface area contributed by atoms with Crippen molar-refractivity contribution in [3.05, 3.63) is 0 Å². The molecule has 3 nitrogen and oxygen atoms in total. The third kappa shape index (κ3) is 1.50. The summed E-state index contributed by atoms with van der Waals surface area (Å²) < 4.78 is 5.16. The Bertz CT molecular complexity index is 99.2. The van der Waals surface area contributed by atoms with Gasteiger partial charge in [0.1, 0.15) is 12.5 Å². The lowest BCUT2D eigenvalue weighted by Crippen LogP contribution is -2.30. The summed E-state index contributed by atoms with van der Waals surface area (Å²) in [6.07, 6.45) is 0.866. The molecule has 2 atom stereocenters. The lowest BCUT2D eigenvalue weighted by Gasteiger charge is -2.11. The van der Waals surface area contributed by atoms with Crippen molar-refractivity contribution in [3.63, 3.8) is 0 Å². The predicted molar refractivity (Wildman–Crippen MR) is 33.0 cm³/mol. The summed E-state index contributed by atoms with van der Waals surface area (Å²) in [7, 11) is 0. The Morgan fingerprint density at radius 3 is 3.11 bits per heavy atom. The quantitative estimate of drug-likeness (QED) is 0.523. The zero-order valence-electron chi connectivity index (χ0n) is 5.46. The molecule has 2 unspecified atom stereocenters. The Morgan fingerprint density at radius 2 is 2.67 bits per heavy atom. The van der Waals surface area contributed by atoms with Gasteiger partial charge in [0.15, 0.2) is 0 Å². The molecule has 52 valence electrons. The fraction of sp³-hybridized carbons (Fsp3) is 0.833. The first-order valence-corrected chi connectivity index (χ1v) is 3.15. The molecule has 1 rings (SSSR count). The molecule has 1 heterocycles. The van der Waals surface area contributed by atoms with E-state index in [1.54, 1.807) is 0 Å². The molecule has 1 saturated heterocycles. The molecule has 3 heteroatoms. The number of rotatable bonds is 2. The van der Waals surface area contributed by atoms with E-state index in [0.717, 1.165) is 19.4 Å². The van der Waals surface area contributed by atoms with Crippen molar-refractivity contribution in [3.8, 4) is 0 Å². The highest BCUT2D eigenvalue weighted by Crippen LogP contribution is 2.04. The second-order valence-electron chi connectivity index (χ2n) is 2.24. The molecule has 0 aromatic rings. The topological polar surface area (TPSA) is 38.3 Å². The molecule has 0 bridgehead atoms. The summed E-state index contributed by atoms with van der Waals surface area (Å²) >= 11 is 0. The van der Waals surface area contributed by atoms with Gasteiger partial charge in [-0.2, -0.15) is 0 Å². The van der Waals surface area contributed by atoms with Crippen LogP contribution in [0.25, 0.3) is 0 Å². The van der Waals surface area contributed by atoms with Gasteiger partial charge in [0.25, 0.3) is 0 Å². The van der Waals surface area contributed by atoms with Crippen LogP contribution in [-0.4, -0.2) is 25.7 Å². The second-order valence-corrected chi connectivity index (χ2v) is 2.24. The summed E-state index contributed by atoms with van der Waals surface area (Å²) in [6.45, 7) is 3.43.